The zero-order valence-electron chi connectivity index (χ0n) is 14.4. The van der Waals surface area contributed by atoms with E-state index in [9.17, 15) is 0 Å². The summed E-state index contributed by atoms with van der Waals surface area (Å²) in [4.78, 5) is 4.23. The van der Waals surface area contributed by atoms with E-state index in [4.69, 9.17) is 9.47 Å². The molecule has 1 rings (SSSR count). The second kappa shape index (κ2) is 9.92. The first-order valence-corrected chi connectivity index (χ1v) is 7.76. The van der Waals surface area contributed by atoms with Gasteiger partial charge in [0.05, 0.1) is 14.2 Å². The molecule has 5 heteroatoms. The molecule has 5 nitrogen and oxygen atoms in total. The van der Waals surface area contributed by atoms with Gasteiger partial charge in [0.2, 0.25) is 0 Å². The maximum absolute atomic E-state index is 5.39. The van der Waals surface area contributed by atoms with E-state index >= 15 is 0 Å². The smallest absolute Gasteiger partial charge is 0.190 e. The van der Waals surface area contributed by atoms with Crippen molar-refractivity contribution in [2.75, 3.05) is 34.4 Å². The van der Waals surface area contributed by atoms with Crippen molar-refractivity contribution in [3.05, 3.63) is 23.8 Å². The fourth-order valence-electron chi connectivity index (χ4n) is 2.09. The minimum absolute atomic E-state index is 0.687. The Morgan fingerprint density at radius 1 is 1.14 bits per heavy atom. The molecule has 0 heterocycles. The lowest BCUT2D eigenvalue weighted by Crippen LogP contribution is -2.39. The number of aliphatic imine (C=N–C) groups is 1. The van der Waals surface area contributed by atoms with Gasteiger partial charge < -0.3 is 20.1 Å². The molecule has 0 unspecified atom stereocenters. The number of rotatable bonds is 8. The molecule has 0 radical (unpaired) electrons. The molecular weight excluding hydrogens is 278 g/mol. The Morgan fingerprint density at radius 2 is 1.86 bits per heavy atom. The summed E-state index contributed by atoms with van der Waals surface area (Å²) >= 11 is 0. The standard InChI is InChI=1S/C17H29N3O2/c1-13(2)8-10-19-17(18-3)20-11-9-14-12-15(21-4)6-7-16(14)22-5/h6-7,12-13H,8-11H2,1-5H3,(H2,18,19,20). The molecule has 0 aliphatic carbocycles. The highest BCUT2D eigenvalue weighted by Crippen LogP contribution is 2.24. The van der Waals surface area contributed by atoms with E-state index in [1.54, 1.807) is 21.3 Å². The van der Waals surface area contributed by atoms with Gasteiger partial charge >= 0.3 is 0 Å². The molecule has 124 valence electrons. The normalized spacial score (nSPS) is 11.5. The second-order valence-electron chi connectivity index (χ2n) is 5.54. The Labute approximate surface area is 134 Å². The van der Waals surface area contributed by atoms with E-state index in [0.29, 0.717) is 5.92 Å². The Kier molecular flexibility index (Phi) is 8.18. The van der Waals surface area contributed by atoms with Crippen molar-refractivity contribution in [2.45, 2.75) is 26.7 Å². The highest BCUT2D eigenvalue weighted by Gasteiger charge is 2.05. The van der Waals surface area contributed by atoms with Crippen molar-refractivity contribution in [1.29, 1.82) is 0 Å². The highest BCUT2D eigenvalue weighted by molar-refractivity contribution is 5.79. The van der Waals surface area contributed by atoms with Crippen LogP contribution in [-0.4, -0.2) is 40.3 Å². The van der Waals surface area contributed by atoms with Gasteiger partial charge in [-0.3, -0.25) is 4.99 Å². The van der Waals surface area contributed by atoms with E-state index in [1.807, 2.05) is 18.2 Å². The molecule has 0 aliphatic rings. The van der Waals surface area contributed by atoms with E-state index in [2.05, 4.69) is 29.5 Å². The fourth-order valence-corrected chi connectivity index (χ4v) is 2.09. The summed E-state index contributed by atoms with van der Waals surface area (Å²) < 4.78 is 10.7. The number of guanidine groups is 1. The van der Waals surface area contributed by atoms with Gasteiger partial charge in [-0.15, -0.1) is 0 Å². The third kappa shape index (κ3) is 6.24. The number of nitrogens with one attached hydrogen (secondary N) is 2. The summed E-state index contributed by atoms with van der Waals surface area (Å²) in [6.45, 7) is 6.14. The van der Waals surface area contributed by atoms with E-state index in [-0.39, 0.29) is 0 Å². The quantitative estimate of drug-likeness (QED) is 0.572. The van der Waals surface area contributed by atoms with Crippen LogP contribution in [0.15, 0.2) is 23.2 Å². The lowest BCUT2D eigenvalue weighted by atomic mass is 10.1. The molecule has 22 heavy (non-hydrogen) atoms. The molecule has 0 saturated heterocycles. The SMILES string of the molecule is CN=C(NCCc1cc(OC)ccc1OC)NCCC(C)C. The van der Waals surface area contributed by atoms with Crippen molar-refractivity contribution >= 4 is 5.96 Å². The van der Waals surface area contributed by atoms with Crippen molar-refractivity contribution in [3.8, 4) is 11.5 Å². The van der Waals surface area contributed by atoms with Crippen LogP contribution in [0.4, 0.5) is 0 Å². The molecule has 0 spiro atoms. The predicted octanol–water partition coefficient (Wildman–Crippen LogP) is 2.46. The lowest BCUT2D eigenvalue weighted by Gasteiger charge is -2.14. The van der Waals surface area contributed by atoms with Crippen LogP contribution in [-0.2, 0) is 6.42 Å². The van der Waals surface area contributed by atoms with Crippen LogP contribution in [0.25, 0.3) is 0 Å². The van der Waals surface area contributed by atoms with Crippen LogP contribution in [0, 0.1) is 5.92 Å². The third-order valence-corrected chi connectivity index (χ3v) is 3.41. The highest BCUT2D eigenvalue weighted by atomic mass is 16.5. The first kappa shape index (κ1) is 18.1. The van der Waals surface area contributed by atoms with Gasteiger partial charge in [0.15, 0.2) is 5.96 Å². The summed E-state index contributed by atoms with van der Waals surface area (Å²) in [5, 5.41) is 6.64. The maximum Gasteiger partial charge on any atom is 0.190 e. The summed E-state index contributed by atoms with van der Waals surface area (Å²) in [5.41, 5.74) is 1.12. The van der Waals surface area contributed by atoms with Gasteiger partial charge in [0.1, 0.15) is 11.5 Å². The first-order chi connectivity index (χ1) is 10.6. The van der Waals surface area contributed by atoms with Crippen LogP contribution in [0.3, 0.4) is 0 Å². The maximum atomic E-state index is 5.39. The van der Waals surface area contributed by atoms with Crippen molar-refractivity contribution in [2.24, 2.45) is 10.9 Å². The van der Waals surface area contributed by atoms with Gasteiger partial charge in [-0.1, -0.05) is 13.8 Å². The predicted molar refractivity (Wildman–Crippen MR) is 92.1 cm³/mol. The Morgan fingerprint density at radius 3 is 2.45 bits per heavy atom. The fraction of sp³-hybridized carbons (Fsp3) is 0.588. The summed E-state index contributed by atoms with van der Waals surface area (Å²) in [5.74, 6) is 3.25. The molecule has 0 atom stereocenters. The lowest BCUT2D eigenvalue weighted by molar-refractivity contribution is 0.398. The minimum Gasteiger partial charge on any atom is -0.497 e. The summed E-state index contributed by atoms with van der Waals surface area (Å²) in [6, 6.07) is 5.85. The molecule has 0 bridgehead atoms. The minimum atomic E-state index is 0.687. The second-order valence-corrected chi connectivity index (χ2v) is 5.54. The molecule has 0 amide bonds. The van der Waals surface area contributed by atoms with Gasteiger partial charge in [-0.2, -0.15) is 0 Å². The van der Waals surface area contributed by atoms with Gasteiger partial charge in [-0.05, 0) is 42.5 Å². The molecular formula is C17H29N3O2. The average Bonchev–Trinajstić information content (AvgIpc) is 2.52. The van der Waals surface area contributed by atoms with E-state index < -0.39 is 0 Å². The number of ether oxygens (including phenoxy) is 2. The average molecular weight is 307 g/mol. The zero-order valence-corrected chi connectivity index (χ0v) is 14.4. The third-order valence-electron chi connectivity index (χ3n) is 3.41. The van der Waals surface area contributed by atoms with Crippen LogP contribution in [0.1, 0.15) is 25.8 Å². The number of benzene rings is 1. The van der Waals surface area contributed by atoms with Crippen molar-refractivity contribution in [1.82, 2.24) is 10.6 Å². The topological polar surface area (TPSA) is 54.9 Å². The molecule has 1 aromatic rings. The van der Waals surface area contributed by atoms with Crippen LogP contribution >= 0.6 is 0 Å². The van der Waals surface area contributed by atoms with E-state index in [0.717, 1.165) is 49.0 Å². The number of hydrogen-bond donors (Lipinski definition) is 2. The van der Waals surface area contributed by atoms with Crippen LogP contribution in [0.5, 0.6) is 11.5 Å². The largest absolute Gasteiger partial charge is 0.497 e. The van der Waals surface area contributed by atoms with E-state index in [1.165, 1.54) is 0 Å². The van der Waals surface area contributed by atoms with Crippen molar-refractivity contribution in [3.63, 3.8) is 0 Å². The number of hydrogen-bond acceptors (Lipinski definition) is 3. The first-order valence-electron chi connectivity index (χ1n) is 7.76. The summed E-state index contributed by atoms with van der Waals surface area (Å²) in [7, 11) is 5.15. The van der Waals surface area contributed by atoms with Crippen LogP contribution in [0.2, 0.25) is 0 Å². The summed E-state index contributed by atoms with van der Waals surface area (Å²) in [6.07, 6.45) is 1.97. The molecule has 0 aliphatic heterocycles. The Balaban J connectivity index is 2.48. The van der Waals surface area contributed by atoms with Gasteiger partial charge in [0.25, 0.3) is 0 Å². The molecule has 0 saturated carbocycles. The van der Waals surface area contributed by atoms with Gasteiger partial charge in [-0.25, -0.2) is 0 Å². The monoisotopic (exact) mass is 307 g/mol. The molecule has 0 aromatic heterocycles. The van der Waals surface area contributed by atoms with Crippen molar-refractivity contribution < 1.29 is 9.47 Å². The van der Waals surface area contributed by atoms with Crippen LogP contribution < -0.4 is 20.1 Å². The molecule has 2 N–H and O–H groups in total. The molecule has 1 aromatic carbocycles. The molecule has 0 fully saturated rings. The van der Waals surface area contributed by atoms with Gasteiger partial charge in [0, 0.05) is 20.1 Å². The zero-order chi connectivity index (χ0) is 16.4. The number of nitrogens with zero attached hydrogens (tertiary/aromatic N) is 1. The Bertz CT molecular complexity index is 473. The Hall–Kier alpha value is -1.91. The number of methoxy groups -OCH3 is 2.